The fourth-order valence-electron chi connectivity index (χ4n) is 2.96. The van der Waals surface area contributed by atoms with Crippen molar-refractivity contribution in [3.63, 3.8) is 0 Å². The number of fused-ring (bicyclic) bond motifs is 1. The molecule has 6 N–H and O–H groups in total. The third kappa shape index (κ3) is 2.73. The van der Waals surface area contributed by atoms with E-state index >= 15 is 0 Å². The van der Waals surface area contributed by atoms with Crippen LogP contribution < -0.4 is 11.5 Å². The van der Waals surface area contributed by atoms with Gasteiger partial charge in [0.25, 0.3) is 0 Å². The molecule has 26 heavy (non-hydrogen) atoms. The lowest BCUT2D eigenvalue weighted by Gasteiger charge is -2.06. The topological polar surface area (TPSA) is 127 Å². The summed E-state index contributed by atoms with van der Waals surface area (Å²) in [5.74, 6) is 1.17. The Morgan fingerprint density at radius 2 is 2.15 bits per heavy atom. The first kappa shape index (κ1) is 16.6. The van der Waals surface area contributed by atoms with Gasteiger partial charge in [-0.2, -0.15) is 10.2 Å². The van der Waals surface area contributed by atoms with Gasteiger partial charge in [-0.3, -0.25) is 9.78 Å². The zero-order valence-corrected chi connectivity index (χ0v) is 15.2. The molecule has 1 aromatic carbocycles. The number of nitrogens with zero attached hydrogens (tertiary/aromatic N) is 4. The quantitative estimate of drug-likeness (QED) is 0.438. The number of aromatic amines is 2. The molecule has 0 bridgehead atoms. The van der Waals surface area contributed by atoms with Gasteiger partial charge in [0, 0.05) is 30.6 Å². The Hall–Kier alpha value is -2.84. The number of H-pyrrole nitrogens is 2. The van der Waals surface area contributed by atoms with Crippen LogP contribution in [0.1, 0.15) is 23.3 Å². The van der Waals surface area contributed by atoms with Crippen molar-refractivity contribution in [3.05, 3.63) is 46.6 Å². The molecule has 3 aromatic heterocycles. The highest BCUT2D eigenvalue weighted by Crippen LogP contribution is 2.27. The van der Waals surface area contributed by atoms with Crippen LogP contribution in [0.3, 0.4) is 0 Å². The molecule has 0 unspecified atom stereocenters. The maximum Gasteiger partial charge on any atom is 0.153 e. The normalized spacial score (nSPS) is 12.8. The van der Waals surface area contributed by atoms with Crippen molar-refractivity contribution in [3.8, 4) is 11.3 Å². The molecule has 3 heterocycles. The largest absolute Gasteiger partial charge is 0.382 e. The minimum absolute atomic E-state index is 0.331. The SMILES string of the molecule is Cc1c(Cl)c(C[C@H](N)c2nc(-c3ccc4c(N)n[nH]c4c3)c[nH]2)nn1C. The number of nitrogen functional groups attached to an aromatic ring is 1. The molecule has 9 heteroatoms. The van der Waals surface area contributed by atoms with Crippen LogP contribution in [0, 0.1) is 6.92 Å². The van der Waals surface area contributed by atoms with E-state index in [2.05, 4.69) is 25.3 Å². The van der Waals surface area contributed by atoms with Crippen LogP contribution in [0.25, 0.3) is 22.2 Å². The van der Waals surface area contributed by atoms with Gasteiger partial charge in [-0.15, -0.1) is 0 Å². The molecule has 8 nitrogen and oxygen atoms in total. The number of aryl methyl sites for hydroxylation is 1. The standard InChI is InChI=1S/C17H19ClN8/c1-8-15(18)13(25-26(8)2)6-11(19)17-21-7-14(22-17)9-3-4-10-12(5-9)23-24-16(10)20/h3-5,7,11H,6,19H2,1-2H3,(H,21,22)(H3,20,23,24)/t11-/m0/s1. The molecule has 0 aliphatic rings. The summed E-state index contributed by atoms with van der Waals surface area (Å²) in [7, 11) is 1.86. The second-order valence-corrected chi connectivity index (χ2v) is 6.70. The molecular formula is C17H19ClN8. The van der Waals surface area contributed by atoms with E-state index in [1.165, 1.54) is 0 Å². The van der Waals surface area contributed by atoms with Gasteiger partial charge in [0.1, 0.15) is 5.82 Å². The number of imidazole rings is 1. The highest BCUT2D eigenvalue weighted by molar-refractivity contribution is 6.31. The van der Waals surface area contributed by atoms with Gasteiger partial charge in [0.05, 0.1) is 33.7 Å². The van der Waals surface area contributed by atoms with Crippen molar-refractivity contribution < 1.29 is 0 Å². The number of halogens is 1. The Morgan fingerprint density at radius 1 is 1.35 bits per heavy atom. The Morgan fingerprint density at radius 3 is 2.88 bits per heavy atom. The number of hydrogen-bond acceptors (Lipinski definition) is 5. The molecule has 0 spiro atoms. The average molecular weight is 371 g/mol. The van der Waals surface area contributed by atoms with Gasteiger partial charge in [-0.25, -0.2) is 4.98 Å². The Kier molecular flexibility index (Phi) is 3.93. The molecule has 0 aliphatic carbocycles. The van der Waals surface area contributed by atoms with Crippen molar-refractivity contribution in [2.75, 3.05) is 5.73 Å². The van der Waals surface area contributed by atoms with Crippen LogP contribution >= 0.6 is 11.6 Å². The molecule has 0 saturated carbocycles. The van der Waals surface area contributed by atoms with Crippen LogP contribution in [0.5, 0.6) is 0 Å². The van der Waals surface area contributed by atoms with E-state index in [1.54, 1.807) is 4.68 Å². The van der Waals surface area contributed by atoms with Gasteiger partial charge >= 0.3 is 0 Å². The van der Waals surface area contributed by atoms with E-state index in [-0.39, 0.29) is 6.04 Å². The first-order chi connectivity index (χ1) is 12.4. The zero-order chi connectivity index (χ0) is 18.4. The fourth-order valence-corrected chi connectivity index (χ4v) is 3.20. The molecule has 0 aliphatic heterocycles. The van der Waals surface area contributed by atoms with Gasteiger partial charge in [0.2, 0.25) is 0 Å². The maximum atomic E-state index is 6.32. The lowest BCUT2D eigenvalue weighted by molar-refractivity contribution is 0.645. The summed E-state index contributed by atoms with van der Waals surface area (Å²) in [5, 5.41) is 12.9. The molecular weight excluding hydrogens is 352 g/mol. The number of nitrogens with one attached hydrogen (secondary N) is 2. The summed E-state index contributed by atoms with van der Waals surface area (Å²) >= 11 is 6.32. The van der Waals surface area contributed by atoms with Crippen LogP contribution in [0.4, 0.5) is 5.82 Å². The molecule has 4 rings (SSSR count). The predicted molar refractivity (Wildman–Crippen MR) is 102 cm³/mol. The van der Waals surface area contributed by atoms with Gasteiger partial charge in [-0.05, 0) is 19.1 Å². The number of anilines is 1. The van der Waals surface area contributed by atoms with Crippen molar-refractivity contribution in [2.45, 2.75) is 19.4 Å². The number of aromatic nitrogens is 6. The molecule has 4 aromatic rings. The first-order valence-corrected chi connectivity index (χ1v) is 8.54. The number of benzene rings is 1. The van der Waals surface area contributed by atoms with E-state index < -0.39 is 0 Å². The second kappa shape index (κ2) is 6.15. The summed E-state index contributed by atoms with van der Waals surface area (Å²) in [6.07, 6.45) is 2.34. The summed E-state index contributed by atoms with van der Waals surface area (Å²) < 4.78 is 1.75. The Balaban J connectivity index is 1.59. The zero-order valence-electron chi connectivity index (χ0n) is 14.4. The van der Waals surface area contributed by atoms with E-state index in [0.29, 0.717) is 23.1 Å². The van der Waals surface area contributed by atoms with Crippen LogP contribution in [-0.2, 0) is 13.5 Å². The van der Waals surface area contributed by atoms with E-state index in [9.17, 15) is 0 Å². The van der Waals surface area contributed by atoms with Gasteiger partial charge in [0.15, 0.2) is 5.82 Å². The van der Waals surface area contributed by atoms with Crippen LogP contribution in [-0.4, -0.2) is 29.9 Å². The van der Waals surface area contributed by atoms with Gasteiger partial charge < -0.3 is 16.5 Å². The van der Waals surface area contributed by atoms with E-state index in [1.807, 2.05) is 38.4 Å². The highest BCUT2D eigenvalue weighted by Gasteiger charge is 2.18. The van der Waals surface area contributed by atoms with Gasteiger partial charge in [-0.1, -0.05) is 17.7 Å². The average Bonchev–Trinajstić information content (AvgIpc) is 3.31. The third-order valence-electron chi connectivity index (χ3n) is 4.58. The summed E-state index contributed by atoms with van der Waals surface area (Å²) in [6, 6.07) is 5.51. The predicted octanol–water partition coefficient (Wildman–Crippen LogP) is 2.47. The molecule has 0 amide bonds. The molecule has 0 saturated heterocycles. The van der Waals surface area contributed by atoms with Crippen LogP contribution in [0.2, 0.25) is 5.02 Å². The van der Waals surface area contributed by atoms with Crippen molar-refractivity contribution in [2.24, 2.45) is 12.8 Å². The molecule has 0 radical (unpaired) electrons. The van der Waals surface area contributed by atoms with E-state index in [0.717, 1.165) is 33.5 Å². The molecule has 0 fully saturated rings. The Labute approximate surface area is 154 Å². The Bertz CT molecular complexity index is 1090. The smallest absolute Gasteiger partial charge is 0.153 e. The van der Waals surface area contributed by atoms with Crippen molar-refractivity contribution in [1.29, 1.82) is 0 Å². The second-order valence-electron chi connectivity index (χ2n) is 6.32. The highest BCUT2D eigenvalue weighted by atomic mass is 35.5. The molecule has 1 atom stereocenters. The monoisotopic (exact) mass is 370 g/mol. The van der Waals surface area contributed by atoms with E-state index in [4.69, 9.17) is 23.1 Å². The van der Waals surface area contributed by atoms with Crippen molar-refractivity contribution in [1.82, 2.24) is 29.9 Å². The molecule has 134 valence electrons. The third-order valence-corrected chi connectivity index (χ3v) is 5.07. The minimum Gasteiger partial charge on any atom is -0.382 e. The van der Waals surface area contributed by atoms with Crippen LogP contribution in [0.15, 0.2) is 24.4 Å². The summed E-state index contributed by atoms with van der Waals surface area (Å²) in [5.41, 5.74) is 16.4. The minimum atomic E-state index is -0.331. The summed E-state index contributed by atoms with van der Waals surface area (Å²) in [6.45, 7) is 1.92. The first-order valence-electron chi connectivity index (χ1n) is 8.17. The van der Waals surface area contributed by atoms with Crippen molar-refractivity contribution >= 4 is 28.3 Å². The lowest BCUT2D eigenvalue weighted by Crippen LogP contribution is -2.15. The fraction of sp³-hybridized carbons (Fsp3) is 0.235. The lowest BCUT2D eigenvalue weighted by atomic mass is 10.1. The summed E-state index contributed by atoms with van der Waals surface area (Å²) in [4.78, 5) is 7.78. The maximum absolute atomic E-state index is 6.32. The number of hydrogen-bond donors (Lipinski definition) is 4. The number of nitrogens with two attached hydrogens (primary N) is 2. The number of rotatable bonds is 4.